The molecular formula is C14H21NO3. The van der Waals surface area contributed by atoms with Crippen molar-refractivity contribution in [2.45, 2.75) is 26.2 Å². The quantitative estimate of drug-likeness (QED) is 0.801. The Hall–Kier alpha value is -1.10. The molecule has 1 aromatic rings. The fraction of sp³-hybridized carbons (Fsp3) is 0.571. The first kappa shape index (κ1) is 13.3. The Bertz CT molecular complexity index is 377. The van der Waals surface area contributed by atoms with Crippen LogP contribution < -0.4 is 10.1 Å². The molecule has 1 aliphatic rings. The summed E-state index contributed by atoms with van der Waals surface area (Å²) < 4.78 is 16.2. The first-order valence-corrected chi connectivity index (χ1v) is 6.39. The minimum Gasteiger partial charge on any atom is -0.496 e. The van der Waals surface area contributed by atoms with Gasteiger partial charge in [0.05, 0.1) is 26.9 Å². The zero-order valence-corrected chi connectivity index (χ0v) is 11.1. The van der Waals surface area contributed by atoms with E-state index in [1.807, 2.05) is 6.07 Å². The first-order chi connectivity index (χ1) is 8.83. The SMILES string of the molecule is CCNCc1ccc(OC)c(COC2COC2)c1. The zero-order chi connectivity index (χ0) is 12.8. The lowest BCUT2D eigenvalue weighted by molar-refractivity contribution is -0.135. The van der Waals surface area contributed by atoms with E-state index in [1.54, 1.807) is 7.11 Å². The van der Waals surface area contributed by atoms with Gasteiger partial charge in [0.25, 0.3) is 0 Å². The average Bonchev–Trinajstić information content (AvgIpc) is 2.34. The van der Waals surface area contributed by atoms with E-state index in [4.69, 9.17) is 14.2 Å². The van der Waals surface area contributed by atoms with Crippen molar-refractivity contribution in [3.05, 3.63) is 29.3 Å². The summed E-state index contributed by atoms with van der Waals surface area (Å²) in [6, 6.07) is 6.22. The van der Waals surface area contributed by atoms with Crippen LogP contribution in [0.3, 0.4) is 0 Å². The molecule has 0 aliphatic carbocycles. The van der Waals surface area contributed by atoms with Gasteiger partial charge in [0, 0.05) is 12.1 Å². The third kappa shape index (κ3) is 3.45. The van der Waals surface area contributed by atoms with Gasteiger partial charge < -0.3 is 19.5 Å². The van der Waals surface area contributed by atoms with Crippen molar-refractivity contribution in [1.29, 1.82) is 0 Å². The second kappa shape index (κ2) is 6.73. The molecule has 1 fully saturated rings. The molecule has 4 nitrogen and oxygen atoms in total. The number of rotatable bonds is 7. The third-order valence-electron chi connectivity index (χ3n) is 3.01. The predicted octanol–water partition coefficient (Wildman–Crippen LogP) is 1.72. The van der Waals surface area contributed by atoms with Gasteiger partial charge in [0.1, 0.15) is 11.9 Å². The topological polar surface area (TPSA) is 39.7 Å². The number of benzene rings is 1. The number of nitrogens with one attached hydrogen (secondary N) is 1. The van der Waals surface area contributed by atoms with Crippen molar-refractivity contribution < 1.29 is 14.2 Å². The lowest BCUT2D eigenvalue weighted by Crippen LogP contribution is -2.35. The second-order valence-corrected chi connectivity index (χ2v) is 4.40. The van der Waals surface area contributed by atoms with Gasteiger partial charge in [-0.05, 0) is 24.2 Å². The average molecular weight is 251 g/mol. The maximum atomic E-state index is 5.74. The van der Waals surface area contributed by atoms with Gasteiger partial charge >= 0.3 is 0 Å². The summed E-state index contributed by atoms with van der Waals surface area (Å²) in [6.45, 7) is 5.94. The Labute approximate surface area is 108 Å². The molecule has 0 saturated carbocycles. The predicted molar refractivity (Wildman–Crippen MR) is 69.8 cm³/mol. The lowest BCUT2D eigenvalue weighted by Gasteiger charge is -2.26. The molecule has 1 aromatic carbocycles. The van der Waals surface area contributed by atoms with Gasteiger partial charge in [-0.25, -0.2) is 0 Å². The molecule has 1 N–H and O–H groups in total. The fourth-order valence-corrected chi connectivity index (χ4v) is 1.84. The molecule has 0 bridgehead atoms. The van der Waals surface area contributed by atoms with Crippen LogP contribution in [0.15, 0.2) is 18.2 Å². The molecule has 1 saturated heterocycles. The van der Waals surface area contributed by atoms with Crippen LogP contribution in [0.2, 0.25) is 0 Å². The maximum Gasteiger partial charge on any atom is 0.124 e. The van der Waals surface area contributed by atoms with Gasteiger partial charge in [-0.15, -0.1) is 0 Å². The third-order valence-corrected chi connectivity index (χ3v) is 3.01. The van der Waals surface area contributed by atoms with Gasteiger partial charge in [-0.1, -0.05) is 13.0 Å². The van der Waals surface area contributed by atoms with Gasteiger partial charge in [-0.3, -0.25) is 0 Å². The molecule has 0 radical (unpaired) electrons. The van der Waals surface area contributed by atoms with Gasteiger partial charge in [0.2, 0.25) is 0 Å². The highest BCUT2D eigenvalue weighted by Gasteiger charge is 2.19. The van der Waals surface area contributed by atoms with Crippen molar-refractivity contribution in [1.82, 2.24) is 5.32 Å². The van der Waals surface area contributed by atoms with Crippen molar-refractivity contribution in [2.75, 3.05) is 26.9 Å². The normalized spacial score (nSPS) is 15.4. The molecular weight excluding hydrogens is 230 g/mol. The van der Waals surface area contributed by atoms with E-state index in [0.717, 1.165) is 24.4 Å². The van der Waals surface area contributed by atoms with Crippen LogP contribution in [0.4, 0.5) is 0 Å². The zero-order valence-electron chi connectivity index (χ0n) is 11.1. The smallest absolute Gasteiger partial charge is 0.124 e. The maximum absolute atomic E-state index is 5.74. The molecule has 0 amide bonds. The second-order valence-electron chi connectivity index (χ2n) is 4.40. The molecule has 4 heteroatoms. The van der Waals surface area contributed by atoms with Gasteiger partial charge in [0.15, 0.2) is 0 Å². The fourth-order valence-electron chi connectivity index (χ4n) is 1.84. The number of hydrogen-bond acceptors (Lipinski definition) is 4. The van der Waals surface area contributed by atoms with E-state index in [-0.39, 0.29) is 6.10 Å². The molecule has 2 rings (SSSR count). The largest absolute Gasteiger partial charge is 0.496 e. The monoisotopic (exact) mass is 251 g/mol. The molecule has 0 aromatic heterocycles. The summed E-state index contributed by atoms with van der Waals surface area (Å²) in [4.78, 5) is 0. The standard InChI is InChI=1S/C14H21NO3/c1-3-15-7-11-4-5-14(16-2)12(6-11)8-18-13-9-17-10-13/h4-6,13,15H,3,7-10H2,1-2H3. The Balaban J connectivity index is 1.98. The lowest BCUT2D eigenvalue weighted by atomic mass is 10.1. The minimum atomic E-state index is 0.243. The Morgan fingerprint density at radius 1 is 1.39 bits per heavy atom. The summed E-state index contributed by atoms with van der Waals surface area (Å²) in [5.41, 5.74) is 2.35. The van der Waals surface area contributed by atoms with Crippen molar-refractivity contribution in [3.63, 3.8) is 0 Å². The summed E-state index contributed by atoms with van der Waals surface area (Å²) in [5, 5.41) is 3.31. The molecule has 100 valence electrons. The van der Waals surface area contributed by atoms with Crippen LogP contribution in [-0.2, 0) is 22.6 Å². The Morgan fingerprint density at radius 3 is 2.83 bits per heavy atom. The Kier molecular flexibility index (Phi) is 4.99. The Morgan fingerprint density at radius 2 is 2.22 bits per heavy atom. The van der Waals surface area contributed by atoms with Gasteiger partial charge in [-0.2, -0.15) is 0 Å². The van der Waals surface area contributed by atoms with Crippen LogP contribution in [0.5, 0.6) is 5.75 Å². The van der Waals surface area contributed by atoms with Crippen LogP contribution >= 0.6 is 0 Å². The van der Waals surface area contributed by atoms with Crippen molar-refractivity contribution >= 4 is 0 Å². The minimum absolute atomic E-state index is 0.243. The van der Waals surface area contributed by atoms with Crippen LogP contribution in [-0.4, -0.2) is 33.0 Å². The number of ether oxygens (including phenoxy) is 3. The highest BCUT2D eigenvalue weighted by molar-refractivity contribution is 5.36. The van der Waals surface area contributed by atoms with E-state index >= 15 is 0 Å². The molecule has 1 aliphatic heterocycles. The molecule has 1 heterocycles. The van der Waals surface area contributed by atoms with Crippen molar-refractivity contribution in [3.8, 4) is 5.75 Å². The van der Waals surface area contributed by atoms with Crippen molar-refractivity contribution in [2.24, 2.45) is 0 Å². The number of hydrogen-bond donors (Lipinski definition) is 1. The molecule has 18 heavy (non-hydrogen) atoms. The van der Waals surface area contributed by atoms with Crippen LogP contribution in [0, 0.1) is 0 Å². The van der Waals surface area contributed by atoms with E-state index in [2.05, 4.69) is 24.4 Å². The molecule has 0 spiro atoms. The van der Waals surface area contributed by atoms with E-state index in [9.17, 15) is 0 Å². The van der Waals surface area contributed by atoms with Crippen LogP contribution in [0.1, 0.15) is 18.1 Å². The first-order valence-electron chi connectivity index (χ1n) is 6.39. The van der Waals surface area contributed by atoms with E-state index < -0.39 is 0 Å². The van der Waals surface area contributed by atoms with E-state index in [0.29, 0.717) is 19.8 Å². The summed E-state index contributed by atoms with van der Waals surface area (Å²) in [6.07, 6.45) is 0.243. The highest BCUT2D eigenvalue weighted by Crippen LogP contribution is 2.22. The van der Waals surface area contributed by atoms with E-state index in [1.165, 1.54) is 5.56 Å². The molecule has 0 atom stereocenters. The van der Waals surface area contributed by atoms with Crippen LogP contribution in [0.25, 0.3) is 0 Å². The molecule has 0 unspecified atom stereocenters. The summed E-state index contributed by atoms with van der Waals surface area (Å²) >= 11 is 0. The summed E-state index contributed by atoms with van der Waals surface area (Å²) in [5.74, 6) is 0.885. The summed E-state index contributed by atoms with van der Waals surface area (Å²) in [7, 11) is 1.69. The highest BCUT2D eigenvalue weighted by atomic mass is 16.6. The number of methoxy groups -OCH3 is 1.